The van der Waals surface area contributed by atoms with E-state index in [4.69, 9.17) is 11.6 Å². The lowest BCUT2D eigenvalue weighted by atomic mass is 10.1. The van der Waals surface area contributed by atoms with E-state index in [1.54, 1.807) is 0 Å². The molecule has 1 aromatic carbocycles. The number of benzene rings is 1. The van der Waals surface area contributed by atoms with Gasteiger partial charge >= 0.3 is 0 Å². The lowest BCUT2D eigenvalue weighted by Gasteiger charge is -2.08. The number of halogens is 5. The average Bonchev–Trinajstić information content (AvgIpc) is 2.39. The Morgan fingerprint density at radius 1 is 1.33 bits per heavy atom. The Kier molecular flexibility index (Phi) is 4.43. The Morgan fingerprint density at radius 3 is 2.57 bits per heavy atom. The number of alkyl halides is 2. The van der Waals surface area contributed by atoms with E-state index in [0.29, 0.717) is 0 Å². The van der Waals surface area contributed by atoms with Crippen molar-refractivity contribution in [2.75, 3.05) is 0 Å². The highest BCUT2D eigenvalue weighted by molar-refractivity contribution is 9.10. The van der Waals surface area contributed by atoms with Gasteiger partial charge in [0.2, 0.25) is 0 Å². The van der Waals surface area contributed by atoms with Gasteiger partial charge in [-0.2, -0.15) is 0 Å². The van der Waals surface area contributed by atoms with E-state index in [2.05, 4.69) is 25.9 Å². The molecule has 0 aliphatic rings. The van der Waals surface area contributed by atoms with Crippen LogP contribution < -0.4 is 0 Å². The SMILES string of the molecule is O=[N+]([O-])c1cc(-c2ncnc(C(F)F)c2Cl)c(F)cc1Br. The standard InChI is InChI=1S/C11H4BrClF3N3O2/c12-5-2-6(14)4(1-7(5)19(20)21)9-8(13)10(11(15)16)18-3-17-9/h1-3,11H. The van der Waals surface area contributed by atoms with Crippen LogP contribution in [-0.4, -0.2) is 14.9 Å². The lowest BCUT2D eigenvalue weighted by molar-refractivity contribution is -0.385. The van der Waals surface area contributed by atoms with Gasteiger partial charge in [0.1, 0.15) is 17.8 Å². The highest BCUT2D eigenvalue weighted by Crippen LogP contribution is 2.37. The van der Waals surface area contributed by atoms with Gasteiger partial charge in [-0.25, -0.2) is 23.1 Å². The molecule has 0 spiro atoms. The maximum Gasteiger partial charge on any atom is 0.284 e. The van der Waals surface area contributed by atoms with Gasteiger partial charge in [-0.1, -0.05) is 11.6 Å². The molecule has 5 nitrogen and oxygen atoms in total. The third kappa shape index (κ3) is 2.98. The highest BCUT2D eigenvalue weighted by Gasteiger charge is 2.23. The number of nitro groups is 1. The molecule has 0 saturated carbocycles. The van der Waals surface area contributed by atoms with Crippen molar-refractivity contribution in [3.63, 3.8) is 0 Å². The number of rotatable bonds is 3. The summed E-state index contributed by atoms with van der Waals surface area (Å²) in [6.45, 7) is 0. The Bertz CT molecular complexity index is 730. The Balaban J connectivity index is 2.70. The molecule has 110 valence electrons. The van der Waals surface area contributed by atoms with Gasteiger partial charge < -0.3 is 0 Å². The quantitative estimate of drug-likeness (QED) is 0.577. The summed E-state index contributed by atoms with van der Waals surface area (Å²) in [5, 5.41) is 10.3. The van der Waals surface area contributed by atoms with E-state index in [9.17, 15) is 23.3 Å². The van der Waals surface area contributed by atoms with Gasteiger partial charge in [-0.15, -0.1) is 0 Å². The second-order valence-corrected chi connectivity index (χ2v) is 5.00. The average molecular weight is 383 g/mol. The minimum absolute atomic E-state index is 0.0898. The molecule has 0 bridgehead atoms. The van der Waals surface area contributed by atoms with Crippen LogP contribution in [0.1, 0.15) is 12.1 Å². The topological polar surface area (TPSA) is 68.9 Å². The molecule has 0 atom stereocenters. The molecule has 0 N–H and O–H groups in total. The van der Waals surface area contributed by atoms with Crippen molar-refractivity contribution in [3.8, 4) is 11.3 Å². The largest absolute Gasteiger partial charge is 0.284 e. The molecule has 0 aliphatic carbocycles. The molecule has 0 fully saturated rings. The number of hydrogen-bond acceptors (Lipinski definition) is 4. The summed E-state index contributed by atoms with van der Waals surface area (Å²) in [6.07, 6.45) is -2.19. The predicted octanol–water partition coefficient (Wildman–Crippen LogP) is 4.54. The first-order chi connectivity index (χ1) is 9.82. The zero-order chi connectivity index (χ0) is 15.7. The number of aromatic nitrogens is 2. The van der Waals surface area contributed by atoms with Crippen molar-refractivity contribution in [2.45, 2.75) is 6.43 Å². The summed E-state index contributed by atoms with van der Waals surface area (Å²) >= 11 is 8.57. The maximum absolute atomic E-state index is 13.9. The number of nitro benzene ring substituents is 1. The molecular weight excluding hydrogens is 378 g/mol. The third-order valence-electron chi connectivity index (χ3n) is 2.51. The minimum atomic E-state index is -2.98. The zero-order valence-corrected chi connectivity index (χ0v) is 12.2. The predicted molar refractivity (Wildman–Crippen MR) is 71.7 cm³/mol. The van der Waals surface area contributed by atoms with Crippen LogP contribution in [-0.2, 0) is 0 Å². The molecule has 0 amide bonds. The fourth-order valence-electron chi connectivity index (χ4n) is 1.58. The summed E-state index contributed by atoms with van der Waals surface area (Å²) in [6, 6.07) is 1.71. The van der Waals surface area contributed by atoms with Crippen LogP contribution in [0.3, 0.4) is 0 Å². The van der Waals surface area contributed by atoms with E-state index in [0.717, 1.165) is 18.5 Å². The number of hydrogen-bond donors (Lipinski definition) is 0. The fraction of sp³-hybridized carbons (Fsp3) is 0.0909. The van der Waals surface area contributed by atoms with Crippen molar-refractivity contribution in [2.24, 2.45) is 0 Å². The van der Waals surface area contributed by atoms with Crippen molar-refractivity contribution in [1.82, 2.24) is 9.97 Å². The van der Waals surface area contributed by atoms with E-state index >= 15 is 0 Å². The molecule has 0 unspecified atom stereocenters. The third-order valence-corrected chi connectivity index (χ3v) is 3.52. The first-order valence-corrected chi connectivity index (χ1v) is 6.42. The molecule has 2 aromatic rings. The molecule has 0 radical (unpaired) electrons. The van der Waals surface area contributed by atoms with Gasteiger partial charge in [0, 0.05) is 11.6 Å². The van der Waals surface area contributed by atoms with Crippen LogP contribution >= 0.6 is 27.5 Å². The lowest BCUT2D eigenvalue weighted by Crippen LogP contribution is -1.99. The Morgan fingerprint density at radius 2 is 2.00 bits per heavy atom. The van der Waals surface area contributed by atoms with Crippen LogP contribution in [0.5, 0.6) is 0 Å². The van der Waals surface area contributed by atoms with Gasteiger partial charge in [-0.3, -0.25) is 10.1 Å². The van der Waals surface area contributed by atoms with Gasteiger partial charge in [0.05, 0.1) is 20.1 Å². The molecule has 1 aromatic heterocycles. The Hall–Kier alpha value is -1.74. The first-order valence-electron chi connectivity index (χ1n) is 5.25. The maximum atomic E-state index is 13.9. The molecule has 10 heteroatoms. The first kappa shape index (κ1) is 15.6. The van der Waals surface area contributed by atoms with E-state index < -0.39 is 33.6 Å². The smallest absolute Gasteiger partial charge is 0.258 e. The molecule has 0 saturated heterocycles. The van der Waals surface area contributed by atoms with Crippen molar-refractivity contribution in [1.29, 1.82) is 0 Å². The van der Waals surface area contributed by atoms with Gasteiger partial charge in [0.25, 0.3) is 12.1 Å². The van der Waals surface area contributed by atoms with Crippen molar-refractivity contribution < 1.29 is 18.1 Å². The van der Waals surface area contributed by atoms with E-state index in [1.807, 2.05) is 0 Å². The van der Waals surface area contributed by atoms with E-state index in [1.165, 1.54) is 0 Å². The fourth-order valence-corrected chi connectivity index (χ4v) is 2.32. The summed E-state index contributed by atoms with van der Waals surface area (Å²) in [5.74, 6) is -0.895. The van der Waals surface area contributed by atoms with E-state index in [-0.39, 0.29) is 15.7 Å². The van der Waals surface area contributed by atoms with Crippen LogP contribution in [0.4, 0.5) is 18.9 Å². The van der Waals surface area contributed by atoms with Crippen molar-refractivity contribution >= 4 is 33.2 Å². The molecule has 0 aliphatic heterocycles. The second kappa shape index (κ2) is 5.94. The zero-order valence-electron chi connectivity index (χ0n) is 9.86. The molecular formula is C11H4BrClF3N3O2. The number of nitrogens with zero attached hydrogens (tertiary/aromatic N) is 3. The summed E-state index contributed by atoms with van der Waals surface area (Å²) < 4.78 is 39.3. The van der Waals surface area contributed by atoms with Gasteiger partial charge in [0.15, 0.2) is 0 Å². The minimum Gasteiger partial charge on any atom is -0.258 e. The van der Waals surface area contributed by atoms with Crippen LogP contribution in [0, 0.1) is 15.9 Å². The van der Waals surface area contributed by atoms with Crippen molar-refractivity contribution in [3.05, 3.63) is 49.6 Å². The monoisotopic (exact) mass is 381 g/mol. The normalized spacial score (nSPS) is 11.0. The summed E-state index contributed by atoms with van der Waals surface area (Å²) in [4.78, 5) is 17.0. The Labute approximate surface area is 129 Å². The molecule has 2 rings (SSSR count). The molecule has 21 heavy (non-hydrogen) atoms. The van der Waals surface area contributed by atoms with Gasteiger partial charge in [-0.05, 0) is 22.0 Å². The van der Waals surface area contributed by atoms with Crippen LogP contribution in [0.2, 0.25) is 5.02 Å². The molecule has 1 heterocycles. The highest BCUT2D eigenvalue weighted by atomic mass is 79.9. The van der Waals surface area contributed by atoms with Crippen LogP contribution in [0.25, 0.3) is 11.3 Å². The van der Waals surface area contributed by atoms with Crippen LogP contribution in [0.15, 0.2) is 22.9 Å². The summed E-state index contributed by atoms with van der Waals surface area (Å²) in [7, 11) is 0. The summed E-state index contributed by atoms with van der Waals surface area (Å²) in [5.41, 5.74) is -1.92. The second-order valence-electron chi connectivity index (χ2n) is 3.76.